The van der Waals surface area contributed by atoms with E-state index in [9.17, 15) is 9.59 Å². The first-order valence-electron chi connectivity index (χ1n) is 5.38. The van der Waals surface area contributed by atoms with Gasteiger partial charge in [0.2, 0.25) is 0 Å². The number of rotatable bonds is 4. The predicted molar refractivity (Wildman–Crippen MR) is 64.4 cm³/mol. The van der Waals surface area contributed by atoms with Crippen LogP contribution in [0.1, 0.15) is 18.0 Å². The van der Waals surface area contributed by atoms with E-state index < -0.39 is 23.9 Å². The van der Waals surface area contributed by atoms with Crippen LogP contribution in [0.15, 0.2) is 5.38 Å². The summed E-state index contributed by atoms with van der Waals surface area (Å²) in [5.41, 5.74) is 6.21. The van der Waals surface area contributed by atoms with Crippen molar-refractivity contribution in [1.29, 1.82) is 0 Å². The number of anilines is 1. The fourth-order valence-electron chi connectivity index (χ4n) is 2.32. The van der Waals surface area contributed by atoms with Crippen LogP contribution in [0.3, 0.4) is 0 Å². The van der Waals surface area contributed by atoms with Gasteiger partial charge in [-0.2, -0.15) is 0 Å². The van der Waals surface area contributed by atoms with Gasteiger partial charge in [0.25, 0.3) is 0 Å². The van der Waals surface area contributed by atoms with Gasteiger partial charge in [0.15, 0.2) is 5.13 Å². The Morgan fingerprint density at radius 3 is 2.78 bits per heavy atom. The van der Waals surface area contributed by atoms with Gasteiger partial charge in [-0.1, -0.05) is 0 Å². The van der Waals surface area contributed by atoms with E-state index in [1.165, 1.54) is 11.3 Å². The Morgan fingerprint density at radius 2 is 2.28 bits per heavy atom. The smallest absolute Gasteiger partial charge is 0.321 e. The molecule has 7 nitrogen and oxygen atoms in total. The fraction of sp³-hybridized carbons (Fsp3) is 0.500. The number of nitrogens with two attached hydrogens (primary N) is 1. The van der Waals surface area contributed by atoms with Crippen LogP contribution in [-0.4, -0.2) is 39.7 Å². The van der Waals surface area contributed by atoms with E-state index in [2.05, 4.69) is 10.3 Å². The summed E-state index contributed by atoms with van der Waals surface area (Å²) in [6, 6.07) is -0.853. The summed E-state index contributed by atoms with van der Waals surface area (Å²) < 4.78 is 0. The zero-order valence-corrected chi connectivity index (χ0v) is 10.2. The van der Waals surface area contributed by atoms with Crippen molar-refractivity contribution in [3.05, 3.63) is 11.1 Å². The van der Waals surface area contributed by atoms with E-state index >= 15 is 0 Å². The zero-order chi connectivity index (χ0) is 13.3. The maximum absolute atomic E-state index is 11.1. The highest BCUT2D eigenvalue weighted by Crippen LogP contribution is 2.35. The van der Waals surface area contributed by atoms with Crippen molar-refractivity contribution in [2.75, 3.05) is 12.3 Å². The van der Waals surface area contributed by atoms with Gasteiger partial charge in [-0.25, -0.2) is 4.98 Å². The number of hydrogen-bond donors (Lipinski definition) is 4. The number of carboxylic acids is 2. The molecule has 1 aliphatic heterocycles. The van der Waals surface area contributed by atoms with E-state index in [4.69, 9.17) is 15.9 Å². The Bertz CT molecular complexity index is 475. The lowest BCUT2D eigenvalue weighted by molar-refractivity contribution is -0.142. The second kappa shape index (κ2) is 4.91. The second-order valence-corrected chi connectivity index (χ2v) is 5.09. The molecule has 0 aliphatic carbocycles. The van der Waals surface area contributed by atoms with Crippen LogP contribution < -0.4 is 11.1 Å². The first-order chi connectivity index (χ1) is 8.49. The molecule has 3 atom stereocenters. The number of aliphatic carboxylic acids is 2. The number of nitrogen functional groups attached to an aromatic ring is 1. The quantitative estimate of drug-likeness (QED) is 0.605. The van der Waals surface area contributed by atoms with Crippen molar-refractivity contribution in [1.82, 2.24) is 10.3 Å². The molecule has 0 spiro atoms. The lowest BCUT2D eigenvalue weighted by atomic mass is 9.86. The van der Waals surface area contributed by atoms with Crippen LogP contribution >= 0.6 is 11.3 Å². The van der Waals surface area contributed by atoms with E-state index in [1.807, 2.05) is 0 Å². The van der Waals surface area contributed by atoms with Crippen molar-refractivity contribution in [2.45, 2.75) is 18.4 Å². The molecule has 1 fully saturated rings. The molecule has 5 N–H and O–H groups in total. The molecule has 0 aromatic carbocycles. The molecule has 8 heteroatoms. The summed E-state index contributed by atoms with van der Waals surface area (Å²) in [5, 5.41) is 22.9. The number of aromatic nitrogens is 1. The van der Waals surface area contributed by atoms with Crippen molar-refractivity contribution in [3.8, 4) is 0 Å². The molecule has 2 rings (SSSR count). The molecule has 1 aromatic rings. The Morgan fingerprint density at radius 1 is 1.56 bits per heavy atom. The average Bonchev–Trinajstić information content (AvgIpc) is 2.83. The maximum atomic E-state index is 11.1. The van der Waals surface area contributed by atoms with Crippen molar-refractivity contribution >= 4 is 28.4 Å². The summed E-state index contributed by atoms with van der Waals surface area (Å²) in [7, 11) is 0. The second-order valence-electron chi connectivity index (χ2n) is 4.20. The summed E-state index contributed by atoms with van der Waals surface area (Å²) in [6.07, 6.45) is -0.202. The van der Waals surface area contributed by atoms with Crippen LogP contribution in [0, 0.1) is 5.92 Å². The van der Waals surface area contributed by atoms with Crippen LogP contribution in [0.2, 0.25) is 0 Å². The summed E-state index contributed by atoms with van der Waals surface area (Å²) in [5.74, 6) is -2.78. The number of nitrogens with one attached hydrogen (secondary N) is 1. The lowest BCUT2D eigenvalue weighted by Gasteiger charge is -2.18. The Labute approximate surface area is 107 Å². The van der Waals surface area contributed by atoms with E-state index in [1.54, 1.807) is 5.38 Å². The number of hydrogen-bond acceptors (Lipinski definition) is 6. The molecule has 2 heterocycles. The molecule has 98 valence electrons. The zero-order valence-electron chi connectivity index (χ0n) is 9.37. The molecule has 0 unspecified atom stereocenters. The molecular weight excluding hydrogens is 258 g/mol. The number of carbonyl (C=O) groups is 2. The van der Waals surface area contributed by atoms with Gasteiger partial charge in [0, 0.05) is 23.8 Å². The van der Waals surface area contributed by atoms with E-state index in [-0.39, 0.29) is 12.3 Å². The average molecular weight is 271 g/mol. The number of nitrogens with zero attached hydrogens (tertiary/aromatic N) is 1. The third-order valence-corrected chi connectivity index (χ3v) is 3.79. The van der Waals surface area contributed by atoms with Gasteiger partial charge in [0.05, 0.1) is 12.1 Å². The third-order valence-electron chi connectivity index (χ3n) is 3.10. The standard InChI is InChI=1S/C10H13N3O4S/c11-10-13-6(3-18-10)5-2-12-8(9(16)17)4(5)1-7(14)15/h3-5,8,12H,1-2H2,(H2,11,13)(H,14,15)(H,16,17)/t4-,5+,8-/m0/s1. The summed E-state index contributed by atoms with van der Waals surface area (Å²) >= 11 is 1.27. The van der Waals surface area contributed by atoms with Crippen LogP contribution in [-0.2, 0) is 9.59 Å². The first-order valence-corrected chi connectivity index (χ1v) is 6.26. The fourth-order valence-corrected chi connectivity index (χ4v) is 2.94. The van der Waals surface area contributed by atoms with Gasteiger partial charge in [0.1, 0.15) is 6.04 Å². The molecule has 1 saturated heterocycles. The highest BCUT2D eigenvalue weighted by molar-refractivity contribution is 7.13. The minimum absolute atomic E-state index is 0.202. The molecule has 1 aromatic heterocycles. The Hall–Kier alpha value is -1.67. The lowest BCUT2D eigenvalue weighted by Crippen LogP contribution is -2.36. The molecule has 0 bridgehead atoms. The molecule has 0 amide bonds. The van der Waals surface area contributed by atoms with Gasteiger partial charge in [-0.15, -0.1) is 11.3 Å². The van der Waals surface area contributed by atoms with Crippen molar-refractivity contribution in [2.24, 2.45) is 5.92 Å². The molecule has 0 saturated carbocycles. The van der Waals surface area contributed by atoms with E-state index in [0.29, 0.717) is 17.4 Å². The van der Waals surface area contributed by atoms with E-state index in [0.717, 1.165) is 0 Å². The highest BCUT2D eigenvalue weighted by Gasteiger charge is 2.42. The topological polar surface area (TPSA) is 126 Å². The molecular formula is C10H13N3O4S. The van der Waals surface area contributed by atoms with Crippen molar-refractivity contribution in [3.63, 3.8) is 0 Å². The monoisotopic (exact) mass is 271 g/mol. The number of carboxylic acid groups (broad SMARTS) is 2. The minimum atomic E-state index is -1.04. The SMILES string of the molecule is Nc1nc([C@@H]2CN[C@H](C(=O)O)[C@H]2CC(=O)O)cs1. The number of thiazole rings is 1. The van der Waals surface area contributed by atoms with Crippen molar-refractivity contribution < 1.29 is 19.8 Å². The third kappa shape index (κ3) is 2.44. The largest absolute Gasteiger partial charge is 0.481 e. The Balaban J connectivity index is 2.24. The molecule has 0 radical (unpaired) electrons. The normalized spacial score (nSPS) is 27.2. The summed E-state index contributed by atoms with van der Waals surface area (Å²) in [4.78, 5) is 26.0. The molecule has 1 aliphatic rings. The van der Waals surface area contributed by atoms with Crippen LogP contribution in [0.5, 0.6) is 0 Å². The minimum Gasteiger partial charge on any atom is -0.481 e. The van der Waals surface area contributed by atoms with Crippen LogP contribution in [0.25, 0.3) is 0 Å². The molecule has 18 heavy (non-hydrogen) atoms. The van der Waals surface area contributed by atoms with Gasteiger partial charge in [-0.3, -0.25) is 9.59 Å². The highest BCUT2D eigenvalue weighted by atomic mass is 32.1. The first kappa shape index (κ1) is 12.8. The maximum Gasteiger partial charge on any atom is 0.321 e. The predicted octanol–water partition coefficient (Wildman–Crippen LogP) is -0.0438. The van der Waals surface area contributed by atoms with Gasteiger partial charge < -0.3 is 21.3 Å². The van der Waals surface area contributed by atoms with Gasteiger partial charge >= 0.3 is 11.9 Å². The van der Waals surface area contributed by atoms with Crippen LogP contribution in [0.4, 0.5) is 5.13 Å². The Kier molecular flexibility index (Phi) is 3.48. The van der Waals surface area contributed by atoms with Gasteiger partial charge in [-0.05, 0) is 0 Å². The summed E-state index contributed by atoms with van der Waals surface area (Å²) in [6.45, 7) is 0.401.